The third-order valence-electron chi connectivity index (χ3n) is 4.49. The van der Waals surface area contributed by atoms with E-state index < -0.39 is 21.8 Å². The highest BCUT2D eigenvalue weighted by Crippen LogP contribution is 2.29. The number of benzene rings is 3. The van der Waals surface area contributed by atoms with E-state index in [9.17, 15) is 18.0 Å². The van der Waals surface area contributed by atoms with E-state index in [0.29, 0.717) is 11.1 Å². The summed E-state index contributed by atoms with van der Waals surface area (Å²) in [6.45, 7) is 0.139. The van der Waals surface area contributed by atoms with Crippen molar-refractivity contribution in [1.82, 2.24) is 4.72 Å². The van der Waals surface area contributed by atoms with Crippen LogP contribution in [0.5, 0.6) is 0 Å². The molecule has 2 amide bonds. The van der Waals surface area contributed by atoms with Gasteiger partial charge in [0.05, 0.1) is 21.7 Å². The largest absolute Gasteiger partial charge is 0.268 e. The average Bonchev–Trinajstić information content (AvgIpc) is 2.98. The van der Waals surface area contributed by atoms with Crippen molar-refractivity contribution in [2.75, 3.05) is 4.90 Å². The summed E-state index contributed by atoms with van der Waals surface area (Å²) in [6, 6.07) is 21.5. The van der Waals surface area contributed by atoms with Crippen LogP contribution in [0.2, 0.25) is 0 Å². The van der Waals surface area contributed by atoms with Crippen LogP contribution in [0.25, 0.3) is 0 Å². The standard InChI is InChI=1S/C21H16N2O4S/c24-20-18-11-4-5-12-19(18)21(25)23(20)16-9-6-10-17(13-16)28(26,27)22-14-15-7-2-1-3-8-15/h1-13,22H,14H2. The van der Waals surface area contributed by atoms with Gasteiger partial charge in [-0.05, 0) is 35.9 Å². The summed E-state index contributed by atoms with van der Waals surface area (Å²) in [5.74, 6) is -0.931. The molecule has 0 radical (unpaired) electrons. The van der Waals surface area contributed by atoms with E-state index in [2.05, 4.69) is 4.72 Å². The lowest BCUT2D eigenvalue weighted by atomic mass is 10.1. The van der Waals surface area contributed by atoms with Crippen LogP contribution in [0, 0.1) is 0 Å². The number of nitrogens with one attached hydrogen (secondary N) is 1. The molecule has 0 saturated heterocycles. The van der Waals surface area contributed by atoms with Gasteiger partial charge in [-0.15, -0.1) is 0 Å². The summed E-state index contributed by atoms with van der Waals surface area (Å²) in [6.07, 6.45) is 0. The minimum Gasteiger partial charge on any atom is -0.268 e. The van der Waals surface area contributed by atoms with Crippen LogP contribution in [-0.4, -0.2) is 20.2 Å². The molecule has 0 bridgehead atoms. The van der Waals surface area contributed by atoms with Crippen molar-refractivity contribution in [3.05, 3.63) is 95.6 Å². The Bertz CT molecular complexity index is 1140. The Morgan fingerprint density at radius 2 is 1.36 bits per heavy atom. The number of carbonyl (C=O) groups excluding carboxylic acids is 2. The van der Waals surface area contributed by atoms with Crippen molar-refractivity contribution in [3.63, 3.8) is 0 Å². The number of fused-ring (bicyclic) bond motifs is 1. The SMILES string of the molecule is O=C1c2ccccc2C(=O)N1c1cccc(S(=O)(=O)NCc2ccccc2)c1. The lowest BCUT2D eigenvalue weighted by molar-refractivity contribution is 0.0926. The molecule has 0 saturated carbocycles. The van der Waals surface area contributed by atoms with Gasteiger partial charge in [-0.1, -0.05) is 48.5 Å². The summed E-state index contributed by atoms with van der Waals surface area (Å²) in [4.78, 5) is 26.2. The predicted molar refractivity (Wildman–Crippen MR) is 104 cm³/mol. The summed E-state index contributed by atoms with van der Waals surface area (Å²) < 4.78 is 27.8. The van der Waals surface area contributed by atoms with E-state index in [1.807, 2.05) is 30.3 Å². The Morgan fingerprint density at radius 1 is 0.750 bits per heavy atom. The summed E-state index contributed by atoms with van der Waals surface area (Å²) >= 11 is 0. The summed E-state index contributed by atoms with van der Waals surface area (Å²) in [5, 5.41) is 0. The van der Waals surface area contributed by atoms with Crippen molar-refractivity contribution >= 4 is 27.5 Å². The third kappa shape index (κ3) is 3.21. The van der Waals surface area contributed by atoms with E-state index in [1.54, 1.807) is 24.3 Å². The maximum absolute atomic E-state index is 12.7. The fourth-order valence-corrected chi connectivity index (χ4v) is 4.13. The molecular weight excluding hydrogens is 376 g/mol. The molecule has 1 heterocycles. The van der Waals surface area contributed by atoms with Crippen LogP contribution in [0.3, 0.4) is 0 Å². The van der Waals surface area contributed by atoms with Gasteiger partial charge in [-0.25, -0.2) is 18.0 Å². The second-order valence-electron chi connectivity index (χ2n) is 6.30. The average molecular weight is 392 g/mol. The van der Waals surface area contributed by atoms with Crippen LogP contribution < -0.4 is 9.62 Å². The summed E-state index contributed by atoms with van der Waals surface area (Å²) in [5.41, 5.74) is 1.65. The molecule has 1 N–H and O–H groups in total. The molecule has 0 unspecified atom stereocenters. The Balaban J connectivity index is 1.62. The van der Waals surface area contributed by atoms with E-state index in [4.69, 9.17) is 0 Å². The smallest absolute Gasteiger partial charge is 0.266 e. The minimum atomic E-state index is -3.81. The van der Waals surface area contributed by atoms with Gasteiger partial charge >= 0.3 is 0 Å². The maximum Gasteiger partial charge on any atom is 0.266 e. The third-order valence-corrected chi connectivity index (χ3v) is 5.89. The molecule has 3 aromatic carbocycles. The van der Waals surface area contributed by atoms with Crippen LogP contribution in [0.15, 0.2) is 83.8 Å². The van der Waals surface area contributed by atoms with Crippen molar-refractivity contribution in [2.45, 2.75) is 11.4 Å². The molecule has 1 aliphatic heterocycles. The first-order valence-electron chi connectivity index (χ1n) is 8.59. The van der Waals surface area contributed by atoms with Crippen molar-refractivity contribution in [2.24, 2.45) is 0 Å². The second kappa shape index (κ2) is 7.03. The molecule has 28 heavy (non-hydrogen) atoms. The number of sulfonamides is 1. The number of hydrogen-bond acceptors (Lipinski definition) is 4. The quantitative estimate of drug-likeness (QED) is 0.677. The fourth-order valence-electron chi connectivity index (χ4n) is 3.07. The molecule has 0 atom stereocenters. The van der Waals surface area contributed by atoms with Gasteiger partial charge in [0.25, 0.3) is 11.8 Å². The highest BCUT2D eigenvalue weighted by Gasteiger charge is 2.36. The number of carbonyl (C=O) groups is 2. The molecule has 0 spiro atoms. The molecule has 0 aliphatic carbocycles. The zero-order chi connectivity index (χ0) is 19.7. The highest BCUT2D eigenvalue weighted by atomic mass is 32.2. The van der Waals surface area contributed by atoms with Gasteiger partial charge < -0.3 is 0 Å². The lowest BCUT2D eigenvalue weighted by Crippen LogP contribution is -2.30. The summed E-state index contributed by atoms with van der Waals surface area (Å²) in [7, 11) is -3.81. The topological polar surface area (TPSA) is 83.6 Å². The number of anilines is 1. The van der Waals surface area contributed by atoms with E-state index in [1.165, 1.54) is 24.3 Å². The molecular formula is C21H16N2O4S. The number of amides is 2. The zero-order valence-corrected chi connectivity index (χ0v) is 15.5. The van der Waals surface area contributed by atoms with Gasteiger partial charge in [0.1, 0.15) is 0 Å². The minimum absolute atomic E-state index is 0.0162. The van der Waals surface area contributed by atoms with Crippen molar-refractivity contribution in [3.8, 4) is 0 Å². The van der Waals surface area contributed by atoms with Gasteiger partial charge in [-0.2, -0.15) is 0 Å². The van der Waals surface area contributed by atoms with Gasteiger partial charge in [0.2, 0.25) is 10.0 Å². The lowest BCUT2D eigenvalue weighted by Gasteiger charge is -2.15. The fraction of sp³-hybridized carbons (Fsp3) is 0.0476. The van der Waals surface area contributed by atoms with Gasteiger partial charge in [-0.3, -0.25) is 9.59 Å². The van der Waals surface area contributed by atoms with E-state index >= 15 is 0 Å². The van der Waals surface area contributed by atoms with Crippen molar-refractivity contribution < 1.29 is 18.0 Å². The second-order valence-corrected chi connectivity index (χ2v) is 8.07. The Kier molecular flexibility index (Phi) is 4.54. The molecule has 3 aromatic rings. The van der Waals surface area contributed by atoms with E-state index in [-0.39, 0.29) is 17.1 Å². The Morgan fingerprint density at radius 3 is 2.00 bits per heavy atom. The predicted octanol–water partition coefficient (Wildman–Crippen LogP) is 2.97. The van der Waals surface area contributed by atoms with Gasteiger partial charge in [0, 0.05) is 6.54 Å². The Labute approximate surface area is 162 Å². The first-order valence-corrected chi connectivity index (χ1v) is 10.1. The molecule has 140 valence electrons. The molecule has 0 fully saturated rings. The van der Waals surface area contributed by atoms with Crippen LogP contribution in [-0.2, 0) is 16.6 Å². The zero-order valence-electron chi connectivity index (χ0n) is 14.7. The van der Waals surface area contributed by atoms with Crippen molar-refractivity contribution in [1.29, 1.82) is 0 Å². The molecule has 6 nitrogen and oxygen atoms in total. The number of nitrogens with zero attached hydrogens (tertiary/aromatic N) is 1. The molecule has 1 aliphatic rings. The molecule has 4 rings (SSSR count). The van der Waals surface area contributed by atoms with Gasteiger partial charge in [0.15, 0.2) is 0 Å². The first-order chi connectivity index (χ1) is 13.5. The van der Waals surface area contributed by atoms with Crippen LogP contribution in [0.1, 0.15) is 26.3 Å². The molecule has 0 aromatic heterocycles. The first kappa shape index (κ1) is 18.1. The monoisotopic (exact) mass is 392 g/mol. The maximum atomic E-state index is 12.7. The van der Waals surface area contributed by atoms with Crippen LogP contribution in [0.4, 0.5) is 5.69 Å². The number of imide groups is 1. The molecule has 7 heteroatoms. The Hall–Kier alpha value is -3.29. The van der Waals surface area contributed by atoms with E-state index in [0.717, 1.165) is 10.5 Å². The number of hydrogen-bond donors (Lipinski definition) is 1. The number of rotatable bonds is 5. The van der Waals surface area contributed by atoms with Crippen LogP contribution >= 0.6 is 0 Å². The normalized spacial score (nSPS) is 13.6. The highest BCUT2D eigenvalue weighted by molar-refractivity contribution is 7.89.